The number of hydrogen-bond acceptors (Lipinski definition) is 4. The minimum Gasteiger partial charge on any atom is -0.467 e. The van der Waals surface area contributed by atoms with Gasteiger partial charge in [-0.05, 0) is 60.2 Å². The van der Waals surface area contributed by atoms with Crippen molar-refractivity contribution in [2.24, 2.45) is 0 Å². The summed E-state index contributed by atoms with van der Waals surface area (Å²) in [6.07, 6.45) is 1.54. The number of hydrogen-bond donors (Lipinski definition) is 1. The highest BCUT2D eigenvalue weighted by Gasteiger charge is 2.31. The van der Waals surface area contributed by atoms with Crippen molar-refractivity contribution in [3.05, 3.63) is 113 Å². The molecule has 0 bridgehead atoms. The number of nitrogens with one attached hydrogen (secondary N) is 1. The molecular weight excluding hydrogens is 472 g/mol. The molecule has 5 rings (SSSR count). The van der Waals surface area contributed by atoms with Gasteiger partial charge >= 0.3 is 0 Å². The van der Waals surface area contributed by atoms with Gasteiger partial charge in [0.2, 0.25) is 0 Å². The predicted molar refractivity (Wildman–Crippen MR) is 129 cm³/mol. The van der Waals surface area contributed by atoms with Gasteiger partial charge in [-0.3, -0.25) is 9.59 Å². The Balaban J connectivity index is 1.56. The first-order valence-electron chi connectivity index (χ1n) is 10.5. The van der Waals surface area contributed by atoms with Crippen molar-refractivity contribution in [1.82, 2.24) is 5.32 Å². The molecule has 0 fully saturated rings. The average Bonchev–Trinajstić information content (AvgIpc) is 3.37. The molecule has 34 heavy (non-hydrogen) atoms. The third-order valence-corrected chi connectivity index (χ3v) is 7.28. The SMILES string of the molecule is O=C(NCc1ccco1)c1ccc2c(c1)N(Cc1ccc(Cl)cc1)C(=O)c1ccccc1[S@@]2=O. The molecule has 1 atom stereocenters. The average molecular weight is 491 g/mol. The molecule has 2 amide bonds. The maximum absolute atomic E-state index is 13.6. The fourth-order valence-corrected chi connectivity index (χ4v) is 5.29. The summed E-state index contributed by atoms with van der Waals surface area (Å²) >= 11 is 6.03. The lowest BCUT2D eigenvalue weighted by molar-refractivity contribution is 0.0945. The summed E-state index contributed by atoms with van der Waals surface area (Å²) in [4.78, 5) is 29.0. The highest BCUT2D eigenvalue weighted by Crippen LogP contribution is 2.36. The Bertz CT molecular complexity index is 1400. The quantitative estimate of drug-likeness (QED) is 0.417. The number of rotatable bonds is 5. The maximum Gasteiger partial charge on any atom is 0.259 e. The Morgan fingerprint density at radius 1 is 0.971 bits per heavy atom. The summed E-state index contributed by atoms with van der Waals surface area (Å²) in [6, 6.07) is 22.5. The number of carbonyl (C=O) groups excluding carboxylic acids is 2. The third kappa shape index (κ3) is 4.27. The zero-order valence-corrected chi connectivity index (χ0v) is 19.4. The van der Waals surface area contributed by atoms with Crippen molar-refractivity contribution in [2.75, 3.05) is 4.90 Å². The molecule has 2 heterocycles. The first-order chi connectivity index (χ1) is 16.5. The van der Waals surface area contributed by atoms with Gasteiger partial charge in [0.15, 0.2) is 0 Å². The van der Waals surface area contributed by atoms with Crippen LogP contribution in [0.2, 0.25) is 5.02 Å². The standard InChI is InChI=1S/C26H19ClN2O4S/c27-19-10-7-17(8-11-19)16-29-22-14-18(25(30)28-15-20-4-3-13-33-20)9-12-24(22)34(32)23-6-2-1-5-21(23)26(29)31/h1-14H,15-16H2,(H,28,30)/t34-/m0/s1. The van der Waals surface area contributed by atoms with Crippen molar-refractivity contribution in [2.45, 2.75) is 22.9 Å². The van der Waals surface area contributed by atoms with Crippen molar-refractivity contribution < 1.29 is 18.2 Å². The van der Waals surface area contributed by atoms with Crippen LogP contribution in [0.1, 0.15) is 32.0 Å². The number of halogens is 1. The molecule has 0 spiro atoms. The summed E-state index contributed by atoms with van der Waals surface area (Å²) in [6.45, 7) is 0.458. The highest BCUT2D eigenvalue weighted by atomic mass is 35.5. The van der Waals surface area contributed by atoms with Crippen molar-refractivity contribution in [1.29, 1.82) is 0 Å². The molecule has 6 nitrogen and oxygen atoms in total. The van der Waals surface area contributed by atoms with Gasteiger partial charge in [0, 0.05) is 10.6 Å². The Morgan fingerprint density at radius 3 is 2.53 bits per heavy atom. The lowest BCUT2D eigenvalue weighted by Crippen LogP contribution is -2.31. The smallest absolute Gasteiger partial charge is 0.259 e. The van der Waals surface area contributed by atoms with Crippen LogP contribution in [0.4, 0.5) is 5.69 Å². The fraction of sp³-hybridized carbons (Fsp3) is 0.0769. The number of carbonyl (C=O) groups is 2. The summed E-state index contributed by atoms with van der Waals surface area (Å²) in [5, 5.41) is 3.40. The molecule has 1 aliphatic rings. The van der Waals surface area contributed by atoms with Gasteiger partial charge in [-0.15, -0.1) is 0 Å². The lowest BCUT2D eigenvalue weighted by Gasteiger charge is -2.23. The van der Waals surface area contributed by atoms with Crippen LogP contribution in [0.25, 0.3) is 0 Å². The Labute approximate surface area is 203 Å². The first-order valence-corrected chi connectivity index (χ1v) is 12.1. The number of anilines is 1. The minimum atomic E-state index is -1.59. The van der Waals surface area contributed by atoms with E-state index in [4.69, 9.17) is 16.0 Å². The van der Waals surface area contributed by atoms with Gasteiger partial charge in [-0.2, -0.15) is 0 Å². The number of nitrogens with zero attached hydrogens (tertiary/aromatic N) is 1. The van der Waals surface area contributed by atoms with Gasteiger partial charge in [-0.1, -0.05) is 35.9 Å². The monoisotopic (exact) mass is 490 g/mol. The molecule has 8 heteroatoms. The van der Waals surface area contributed by atoms with E-state index in [9.17, 15) is 13.8 Å². The van der Waals surface area contributed by atoms with E-state index in [0.717, 1.165) is 5.56 Å². The largest absolute Gasteiger partial charge is 0.467 e. The molecule has 1 aromatic heterocycles. The summed E-state index contributed by atoms with van der Waals surface area (Å²) in [5.41, 5.74) is 2.00. The van der Waals surface area contributed by atoms with Gasteiger partial charge in [0.1, 0.15) is 5.76 Å². The fourth-order valence-electron chi connectivity index (χ4n) is 3.82. The highest BCUT2D eigenvalue weighted by molar-refractivity contribution is 7.85. The number of amides is 2. The van der Waals surface area contributed by atoms with Crippen LogP contribution in [0.3, 0.4) is 0 Å². The molecule has 0 radical (unpaired) electrons. The van der Waals surface area contributed by atoms with Crippen LogP contribution in [0.15, 0.2) is 99.3 Å². The second-order valence-corrected chi connectivity index (χ2v) is 9.58. The van der Waals surface area contributed by atoms with Crippen molar-refractivity contribution in [3.63, 3.8) is 0 Å². The zero-order chi connectivity index (χ0) is 23.7. The molecule has 0 unspecified atom stereocenters. The zero-order valence-electron chi connectivity index (χ0n) is 17.9. The number of furan rings is 1. The van der Waals surface area contributed by atoms with E-state index in [-0.39, 0.29) is 24.9 Å². The lowest BCUT2D eigenvalue weighted by atomic mass is 10.1. The Morgan fingerprint density at radius 2 is 1.76 bits per heavy atom. The molecule has 1 N–H and O–H groups in total. The van der Waals surface area contributed by atoms with Crippen molar-refractivity contribution in [3.8, 4) is 0 Å². The number of benzene rings is 3. The van der Waals surface area contributed by atoms with E-state index in [1.54, 1.807) is 71.6 Å². The van der Waals surface area contributed by atoms with E-state index in [0.29, 0.717) is 37.4 Å². The summed E-state index contributed by atoms with van der Waals surface area (Å²) in [5.74, 6) is 0.00985. The van der Waals surface area contributed by atoms with Crippen LogP contribution in [-0.4, -0.2) is 16.0 Å². The summed E-state index contributed by atoms with van der Waals surface area (Å²) < 4.78 is 18.7. The van der Waals surface area contributed by atoms with E-state index in [1.165, 1.54) is 6.26 Å². The second kappa shape index (κ2) is 9.29. The van der Waals surface area contributed by atoms with Gasteiger partial charge in [-0.25, -0.2) is 4.21 Å². The van der Waals surface area contributed by atoms with E-state index in [2.05, 4.69) is 5.32 Å². The van der Waals surface area contributed by atoms with Gasteiger partial charge in [0.05, 0.1) is 51.2 Å². The Kier molecular flexibility index (Phi) is 6.04. The Hall–Kier alpha value is -3.68. The molecule has 0 saturated heterocycles. The maximum atomic E-state index is 13.6. The molecule has 0 saturated carbocycles. The minimum absolute atomic E-state index is 0.228. The van der Waals surface area contributed by atoms with E-state index >= 15 is 0 Å². The van der Waals surface area contributed by atoms with Crippen LogP contribution in [0, 0.1) is 0 Å². The molecular formula is C26H19ClN2O4S. The molecule has 3 aromatic carbocycles. The summed E-state index contributed by atoms with van der Waals surface area (Å²) in [7, 11) is -1.59. The third-order valence-electron chi connectivity index (χ3n) is 5.53. The van der Waals surface area contributed by atoms with E-state index < -0.39 is 10.8 Å². The second-order valence-electron chi connectivity index (χ2n) is 7.73. The molecule has 170 valence electrons. The van der Waals surface area contributed by atoms with Crippen LogP contribution in [-0.2, 0) is 23.9 Å². The molecule has 1 aliphatic heterocycles. The molecule has 0 aliphatic carbocycles. The van der Waals surface area contributed by atoms with Gasteiger partial charge in [0.25, 0.3) is 11.8 Å². The van der Waals surface area contributed by atoms with Crippen LogP contribution < -0.4 is 10.2 Å². The van der Waals surface area contributed by atoms with Crippen LogP contribution >= 0.6 is 11.6 Å². The topological polar surface area (TPSA) is 79.6 Å². The first kappa shape index (κ1) is 22.1. The predicted octanol–water partition coefficient (Wildman–Crippen LogP) is 5.19. The normalized spacial score (nSPS) is 14.8. The number of fused-ring (bicyclic) bond motifs is 2. The molecule has 4 aromatic rings. The van der Waals surface area contributed by atoms with E-state index in [1.807, 2.05) is 12.1 Å². The van der Waals surface area contributed by atoms with Crippen molar-refractivity contribution >= 4 is 39.9 Å². The van der Waals surface area contributed by atoms with Crippen LogP contribution in [0.5, 0.6) is 0 Å². The van der Waals surface area contributed by atoms with Gasteiger partial charge < -0.3 is 14.6 Å².